The van der Waals surface area contributed by atoms with E-state index in [4.69, 9.17) is 4.74 Å². The summed E-state index contributed by atoms with van der Waals surface area (Å²) in [5, 5.41) is 5.38. The van der Waals surface area contributed by atoms with Crippen molar-refractivity contribution < 1.29 is 9.53 Å². The number of ether oxygens (including phenoxy) is 1. The molecule has 0 aliphatic carbocycles. The van der Waals surface area contributed by atoms with Gasteiger partial charge in [0.1, 0.15) is 5.75 Å². The number of rotatable bonds is 4. The molecule has 1 aromatic heterocycles. The van der Waals surface area contributed by atoms with Crippen LogP contribution in [0.2, 0.25) is 0 Å². The number of carbonyl (C=O) groups excluding carboxylic acids is 1. The maximum Gasteiger partial charge on any atom is 0.326 e. The molecule has 0 spiro atoms. The van der Waals surface area contributed by atoms with Gasteiger partial charge in [-0.1, -0.05) is 30.3 Å². The second kappa shape index (κ2) is 10.4. The summed E-state index contributed by atoms with van der Waals surface area (Å²) in [5.41, 5.74) is 8.31. The van der Waals surface area contributed by atoms with Gasteiger partial charge in [0.15, 0.2) is 0 Å². The molecule has 2 saturated heterocycles. The number of nitrogens with one attached hydrogen (secondary N) is 1. The number of hydrogen-bond acceptors (Lipinski definition) is 5. The molecule has 7 nitrogen and oxygen atoms in total. The monoisotopic (exact) mass is 547 g/mol. The number of fused-ring (bicyclic) bond motifs is 3. The number of methoxy groups -OCH3 is 1. The first-order chi connectivity index (χ1) is 20.0. The lowest BCUT2D eigenvalue weighted by molar-refractivity contribution is 0.230. The molecular formula is C34H37N5O2. The SMILES string of the molecule is COc1cc2c(cc1N1CCN3CCC[C@@H]3C1)N(C(=O)Nc1cccc3c(-c4cc(C)nc(C)c4)cccc13)CC2. The van der Waals surface area contributed by atoms with E-state index in [1.54, 1.807) is 7.11 Å². The number of anilines is 3. The third kappa shape index (κ3) is 4.68. The topological polar surface area (TPSA) is 60.9 Å². The van der Waals surface area contributed by atoms with E-state index in [1.807, 2.05) is 30.9 Å². The first kappa shape index (κ1) is 25.8. The van der Waals surface area contributed by atoms with Gasteiger partial charge in [0, 0.05) is 49.0 Å². The fourth-order valence-corrected chi connectivity index (χ4v) is 7.08. The van der Waals surface area contributed by atoms with Crippen LogP contribution in [0.1, 0.15) is 29.8 Å². The van der Waals surface area contributed by atoms with E-state index >= 15 is 0 Å². The van der Waals surface area contributed by atoms with Gasteiger partial charge in [-0.05, 0) is 92.1 Å². The molecule has 0 radical (unpaired) electrons. The lowest BCUT2D eigenvalue weighted by Crippen LogP contribution is -2.50. The van der Waals surface area contributed by atoms with Gasteiger partial charge < -0.3 is 15.0 Å². The molecule has 7 heteroatoms. The minimum atomic E-state index is -0.103. The Hall–Kier alpha value is -4.10. The molecule has 2 amide bonds. The summed E-state index contributed by atoms with van der Waals surface area (Å²) >= 11 is 0. The van der Waals surface area contributed by atoms with Gasteiger partial charge >= 0.3 is 6.03 Å². The van der Waals surface area contributed by atoms with Gasteiger partial charge in [-0.15, -0.1) is 0 Å². The number of aryl methyl sites for hydroxylation is 2. The van der Waals surface area contributed by atoms with Crippen molar-refractivity contribution in [2.24, 2.45) is 0 Å². The van der Waals surface area contributed by atoms with Crippen molar-refractivity contribution in [1.29, 1.82) is 0 Å². The average Bonchev–Trinajstić information content (AvgIpc) is 3.62. The molecule has 1 atom stereocenters. The first-order valence-electron chi connectivity index (χ1n) is 14.7. The number of aromatic nitrogens is 1. The van der Waals surface area contributed by atoms with E-state index in [1.165, 1.54) is 19.4 Å². The number of carbonyl (C=O) groups is 1. The Morgan fingerprint density at radius 2 is 1.73 bits per heavy atom. The van der Waals surface area contributed by atoms with E-state index in [0.29, 0.717) is 12.6 Å². The van der Waals surface area contributed by atoms with E-state index in [9.17, 15) is 4.79 Å². The van der Waals surface area contributed by atoms with E-state index in [-0.39, 0.29) is 6.03 Å². The van der Waals surface area contributed by atoms with Crippen molar-refractivity contribution in [3.63, 3.8) is 0 Å². The lowest BCUT2D eigenvalue weighted by atomic mass is 9.97. The standard InChI is InChI=1S/C34H37N5O2/c1-22-17-25(18-23(2)35-22)27-8-4-10-29-28(27)9-5-11-30(29)36-34(40)39-14-12-24-19-33(41-3)32(20-31(24)39)38-16-15-37-13-6-7-26(37)21-38/h4-5,8-11,17-20,26H,6-7,12-16,21H2,1-3H3,(H,36,40)/t26-/m1/s1. The summed E-state index contributed by atoms with van der Waals surface area (Å²) in [4.78, 5) is 25.3. The van der Waals surface area contributed by atoms with Gasteiger partial charge in [0.2, 0.25) is 0 Å². The Kier molecular flexibility index (Phi) is 6.54. The molecule has 0 bridgehead atoms. The second-order valence-corrected chi connectivity index (χ2v) is 11.6. The average molecular weight is 548 g/mol. The highest BCUT2D eigenvalue weighted by Gasteiger charge is 2.33. The van der Waals surface area contributed by atoms with Crippen molar-refractivity contribution in [2.45, 2.75) is 39.2 Å². The van der Waals surface area contributed by atoms with Gasteiger partial charge in [-0.25, -0.2) is 4.79 Å². The maximum atomic E-state index is 13.8. The number of nitrogens with zero attached hydrogens (tertiary/aromatic N) is 4. The summed E-state index contributed by atoms with van der Waals surface area (Å²) in [6.45, 7) is 8.98. The number of urea groups is 1. The molecule has 0 unspecified atom stereocenters. The van der Waals surface area contributed by atoms with Crippen LogP contribution in [0.4, 0.5) is 21.9 Å². The molecule has 4 aromatic rings. The lowest BCUT2D eigenvalue weighted by Gasteiger charge is -2.39. The summed E-state index contributed by atoms with van der Waals surface area (Å²) in [6.07, 6.45) is 3.35. The Balaban J connectivity index is 1.19. The zero-order valence-electron chi connectivity index (χ0n) is 24.1. The molecule has 41 heavy (non-hydrogen) atoms. The van der Waals surface area contributed by atoms with Gasteiger partial charge in [-0.2, -0.15) is 0 Å². The quantitative estimate of drug-likeness (QED) is 0.320. The predicted molar refractivity (Wildman–Crippen MR) is 167 cm³/mol. The van der Waals surface area contributed by atoms with E-state index in [0.717, 1.165) is 87.7 Å². The summed E-state index contributed by atoms with van der Waals surface area (Å²) in [5.74, 6) is 0.903. The van der Waals surface area contributed by atoms with E-state index < -0.39 is 0 Å². The van der Waals surface area contributed by atoms with Crippen molar-refractivity contribution in [3.8, 4) is 16.9 Å². The molecule has 3 aliphatic heterocycles. The molecule has 4 heterocycles. The van der Waals surface area contributed by atoms with Crippen LogP contribution >= 0.6 is 0 Å². The number of piperazine rings is 1. The van der Waals surface area contributed by atoms with Crippen LogP contribution in [0.3, 0.4) is 0 Å². The second-order valence-electron chi connectivity index (χ2n) is 11.6. The largest absolute Gasteiger partial charge is 0.495 e. The molecule has 3 aromatic carbocycles. The van der Waals surface area contributed by atoms with Gasteiger partial charge in [0.05, 0.1) is 24.2 Å². The van der Waals surface area contributed by atoms with Crippen LogP contribution in [0, 0.1) is 13.8 Å². The molecule has 7 rings (SSSR count). The van der Waals surface area contributed by atoms with Gasteiger partial charge in [-0.3, -0.25) is 14.8 Å². The third-order valence-corrected chi connectivity index (χ3v) is 9.01. The Morgan fingerprint density at radius 3 is 2.56 bits per heavy atom. The number of hydrogen-bond donors (Lipinski definition) is 1. The predicted octanol–water partition coefficient (Wildman–Crippen LogP) is 6.41. The highest BCUT2D eigenvalue weighted by Crippen LogP contribution is 2.41. The number of amides is 2. The Morgan fingerprint density at radius 1 is 0.927 bits per heavy atom. The van der Waals surface area contributed by atoms with E-state index in [2.05, 4.69) is 68.6 Å². The van der Waals surface area contributed by atoms with Crippen molar-refractivity contribution in [2.75, 3.05) is 55.0 Å². The Bertz CT molecular complexity index is 1630. The molecule has 0 saturated carbocycles. The summed E-state index contributed by atoms with van der Waals surface area (Å²) < 4.78 is 5.86. The first-order valence-corrected chi connectivity index (χ1v) is 14.7. The fourth-order valence-electron chi connectivity index (χ4n) is 7.08. The van der Waals surface area contributed by atoms with Gasteiger partial charge in [0.25, 0.3) is 0 Å². The minimum Gasteiger partial charge on any atom is -0.495 e. The summed E-state index contributed by atoms with van der Waals surface area (Å²) in [7, 11) is 1.75. The molecular weight excluding hydrogens is 510 g/mol. The van der Waals surface area contributed by atoms with Crippen LogP contribution in [0.5, 0.6) is 5.75 Å². The van der Waals surface area contributed by atoms with Crippen LogP contribution in [0.25, 0.3) is 21.9 Å². The van der Waals surface area contributed by atoms with Crippen molar-refractivity contribution in [3.05, 3.63) is 77.6 Å². The molecule has 210 valence electrons. The maximum absolute atomic E-state index is 13.8. The molecule has 1 N–H and O–H groups in total. The van der Waals surface area contributed by atoms with Crippen LogP contribution < -0.4 is 19.9 Å². The fraction of sp³-hybridized carbons (Fsp3) is 0.353. The molecule has 3 aliphatic rings. The zero-order valence-corrected chi connectivity index (χ0v) is 24.1. The number of benzene rings is 3. The van der Waals surface area contributed by atoms with Crippen LogP contribution in [-0.4, -0.2) is 61.8 Å². The Labute approximate surface area is 241 Å². The minimum absolute atomic E-state index is 0.103. The summed E-state index contributed by atoms with van der Waals surface area (Å²) in [6, 6.07) is 21.5. The van der Waals surface area contributed by atoms with Crippen LogP contribution in [0.15, 0.2) is 60.7 Å². The third-order valence-electron chi connectivity index (χ3n) is 9.01. The highest BCUT2D eigenvalue weighted by molar-refractivity contribution is 6.10. The normalized spacial score (nSPS) is 18.5. The molecule has 2 fully saturated rings. The highest BCUT2D eigenvalue weighted by atomic mass is 16.5. The zero-order chi connectivity index (χ0) is 28.1. The number of pyridine rings is 1. The van der Waals surface area contributed by atoms with Crippen LogP contribution in [-0.2, 0) is 6.42 Å². The van der Waals surface area contributed by atoms with Crippen molar-refractivity contribution in [1.82, 2.24) is 9.88 Å². The smallest absolute Gasteiger partial charge is 0.326 e. The van der Waals surface area contributed by atoms with Crippen molar-refractivity contribution >= 4 is 33.9 Å².